The van der Waals surface area contributed by atoms with Crippen LogP contribution in [0.5, 0.6) is 0 Å². The minimum absolute atomic E-state index is 0.226. The molecule has 0 aliphatic heterocycles. The Bertz CT molecular complexity index is 1590. The van der Waals surface area contributed by atoms with E-state index in [9.17, 15) is 9.59 Å². The second-order valence-corrected chi connectivity index (χ2v) is 8.71. The molecule has 2 heterocycles. The predicted molar refractivity (Wildman–Crippen MR) is 129 cm³/mol. The third-order valence-electron chi connectivity index (χ3n) is 4.94. The van der Waals surface area contributed by atoms with Crippen LogP contribution >= 0.6 is 35.0 Å². The summed E-state index contributed by atoms with van der Waals surface area (Å²) in [6.07, 6.45) is 0. The Labute approximate surface area is 195 Å². The summed E-state index contributed by atoms with van der Waals surface area (Å²) in [6, 6.07) is 19.3. The summed E-state index contributed by atoms with van der Waals surface area (Å²) in [6.45, 7) is 0. The molecular weight excluding hydrogens is 467 g/mol. The van der Waals surface area contributed by atoms with Crippen molar-refractivity contribution >= 4 is 56.8 Å². The molecule has 158 valence electrons. The van der Waals surface area contributed by atoms with Crippen LogP contribution in [0.15, 0.2) is 81.5 Å². The molecular formula is C23H14Cl2N4O2S. The SMILES string of the molecule is O=c1[nH]c(SCc2nc3ccccc3c(=O)n2-c2c(Cl)cccc2Cl)nc2ccccc12. The van der Waals surface area contributed by atoms with E-state index >= 15 is 0 Å². The third-order valence-corrected chi connectivity index (χ3v) is 6.41. The molecule has 5 aromatic rings. The van der Waals surface area contributed by atoms with Crippen molar-refractivity contribution in [3.05, 3.63) is 103 Å². The minimum Gasteiger partial charge on any atom is -0.301 e. The fourth-order valence-corrected chi connectivity index (χ4v) is 4.83. The average molecular weight is 481 g/mol. The van der Waals surface area contributed by atoms with Crippen LogP contribution in [0.2, 0.25) is 10.0 Å². The van der Waals surface area contributed by atoms with E-state index in [4.69, 9.17) is 28.2 Å². The predicted octanol–water partition coefficient (Wildman–Crippen LogP) is 5.22. The van der Waals surface area contributed by atoms with E-state index in [2.05, 4.69) is 9.97 Å². The normalized spacial score (nSPS) is 11.3. The topological polar surface area (TPSA) is 80.6 Å². The zero-order valence-corrected chi connectivity index (χ0v) is 18.7. The number of H-pyrrole nitrogens is 1. The van der Waals surface area contributed by atoms with E-state index in [0.29, 0.717) is 48.5 Å². The van der Waals surface area contributed by atoms with Crippen molar-refractivity contribution in [3.8, 4) is 5.69 Å². The van der Waals surface area contributed by atoms with Gasteiger partial charge in [-0.15, -0.1) is 0 Å². The molecule has 0 radical (unpaired) electrons. The lowest BCUT2D eigenvalue weighted by Crippen LogP contribution is -2.24. The highest BCUT2D eigenvalue weighted by atomic mass is 35.5. The molecule has 0 aliphatic rings. The lowest BCUT2D eigenvalue weighted by Gasteiger charge is -2.16. The van der Waals surface area contributed by atoms with E-state index in [-0.39, 0.29) is 16.9 Å². The molecule has 6 nitrogen and oxygen atoms in total. The van der Waals surface area contributed by atoms with Gasteiger partial charge in [0.25, 0.3) is 11.1 Å². The number of nitrogens with zero attached hydrogens (tertiary/aromatic N) is 3. The number of fused-ring (bicyclic) bond motifs is 2. The smallest absolute Gasteiger partial charge is 0.266 e. The Kier molecular flexibility index (Phi) is 5.46. The van der Waals surface area contributed by atoms with Gasteiger partial charge in [-0.3, -0.25) is 14.2 Å². The van der Waals surface area contributed by atoms with Crippen LogP contribution in [0.1, 0.15) is 5.82 Å². The minimum atomic E-state index is -0.277. The van der Waals surface area contributed by atoms with Gasteiger partial charge < -0.3 is 4.98 Å². The maximum Gasteiger partial charge on any atom is 0.266 e. The van der Waals surface area contributed by atoms with Gasteiger partial charge >= 0.3 is 0 Å². The number of para-hydroxylation sites is 3. The van der Waals surface area contributed by atoms with Crippen molar-refractivity contribution in [3.63, 3.8) is 0 Å². The second-order valence-electron chi connectivity index (χ2n) is 6.93. The molecule has 32 heavy (non-hydrogen) atoms. The Morgan fingerprint density at radius 1 is 0.812 bits per heavy atom. The Morgan fingerprint density at radius 2 is 1.44 bits per heavy atom. The first kappa shape index (κ1) is 20.8. The first-order chi connectivity index (χ1) is 15.5. The summed E-state index contributed by atoms with van der Waals surface area (Å²) in [5, 5.41) is 2.06. The number of halogens is 2. The second kappa shape index (κ2) is 8.43. The molecule has 0 saturated heterocycles. The van der Waals surface area contributed by atoms with Gasteiger partial charge in [0, 0.05) is 0 Å². The molecule has 2 aromatic heterocycles. The molecule has 0 bridgehead atoms. The number of hydrogen-bond acceptors (Lipinski definition) is 5. The highest BCUT2D eigenvalue weighted by Gasteiger charge is 2.18. The zero-order chi connectivity index (χ0) is 22.2. The standard InChI is InChI=1S/C23H14Cl2N4O2S/c24-15-8-5-9-16(25)20(15)29-19(26-18-11-4-2-7-14(18)22(29)31)12-32-23-27-17-10-3-1-6-13(17)21(30)28-23/h1-11H,12H2,(H,27,28,30). The Hall–Kier alpha value is -3.13. The number of thioether (sulfide) groups is 1. The quantitative estimate of drug-likeness (QED) is 0.281. The first-order valence-corrected chi connectivity index (χ1v) is 11.3. The van der Waals surface area contributed by atoms with Gasteiger partial charge in [0.05, 0.1) is 43.3 Å². The number of aromatic amines is 1. The molecule has 3 aromatic carbocycles. The van der Waals surface area contributed by atoms with Crippen molar-refractivity contribution < 1.29 is 0 Å². The number of aromatic nitrogens is 4. The van der Waals surface area contributed by atoms with Crippen molar-refractivity contribution in [2.75, 3.05) is 0 Å². The first-order valence-electron chi connectivity index (χ1n) is 9.60. The maximum absolute atomic E-state index is 13.4. The zero-order valence-electron chi connectivity index (χ0n) is 16.4. The van der Waals surface area contributed by atoms with E-state index in [1.807, 2.05) is 12.1 Å². The number of nitrogens with one attached hydrogen (secondary N) is 1. The molecule has 0 fully saturated rings. The van der Waals surface area contributed by atoms with E-state index < -0.39 is 0 Å². The summed E-state index contributed by atoms with van der Waals surface area (Å²) in [5.74, 6) is 0.688. The van der Waals surface area contributed by atoms with Crippen LogP contribution in [0.25, 0.3) is 27.5 Å². The molecule has 0 atom stereocenters. The van der Waals surface area contributed by atoms with Crippen LogP contribution in [-0.2, 0) is 5.75 Å². The van der Waals surface area contributed by atoms with Crippen molar-refractivity contribution in [1.29, 1.82) is 0 Å². The van der Waals surface area contributed by atoms with Crippen molar-refractivity contribution in [2.45, 2.75) is 10.9 Å². The lowest BCUT2D eigenvalue weighted by atomic mass is 10.2. The largest absolute Gasteiger partial charge is 0.301 e. The molecule has 5 rings (SSSR count). The fraction of sp³-hybridized carbons (Fsp3) is 0.0435. The fourth-order valence-electron chi connectivity index (χ4n) is 3.47. The van der Waals surface area contributed by atoms with Crippen molar-refractivity contribution in [2.24, 2.45) is 0 Å². The van der Waals surface area contributed by atoms with Gasteiger partial charge in [-0.1, -0.05) is 65.3 Å². The van der Waals surface area contributed by atoms with E-state index in [0.717, 1.165) is 0 Å². The third kappa shape index (κ3) is 3.68. The summed E-state index contributed by atoms with van der Waals surface area (Å²) in [5.41, 5.74) is 1.02. The summed E-state index contributed by atoms with van der Waals surface area (Å²) in [7, 11) is 0. The molecule has 0 amide bonds. The summed E-state index contributed by atoms with van der Waals surface area (Å²) >= 11 is 14.1. The van der Waals surface area contributed by atoms with Gasteiger partial charge in [-0.25, -0.2) is 9.97 Å². The lowest BCUT2D eigenvalue weighted by molar-refractivity contribution is 0.880. The highest BCUT2D eigenvalue weighted by molar-refractivity contribution is 7.98. The van der Waals surface area contributed by atoms with Gasteiger partial charge in [0.2, 0.25) is 0 Å². The number of hydrogen-bond donors (Lipinski definition) is 1. The van der Waals surface area contributed by atoms with Gasteiger partial charge in [-0.2, -0.15) is 0 Å². The van der Waals surface area contributed by atoms with E-state index in [1.165, 1.54) is 16.3 Å². The van der Waals surface area contributed by atoms with Crippen LogP contribution in [0, 0.1) is 0 Å². The Balaban J connectivity index is 1.65. The Morgan fingerprint density at radius 3 is 2.16 bits per heavy atom. The molecule has 1 N–H and O–H groups in total. The van der Waals surface area contributed by atoms with Gasteiger partial charge in [0.15, 0.2) is 5.16 Å². The summed E-state index contributed by atoms with van der Waals surface area (Å²) < 4.78 is 1.43. The highest BCUT2D eigenvalue weighted by Crippen LogP contribution is 2.30. The molecule has 0 saturated carbocycles. The van der Waals surface area contributed by atoms with Crippen molar-refractivity contribution in [1.82, 2.24) is 19.5 Å². The van der Waals surface area contributed by atoms with Crippen LogP contribution in [0.3, 0.4) is 0 Å². The van der Waals surface area contributed by atoms with Crippen LogP contribution in [0.4, 0.5) is 0 Å². The van der Waals surface area contributed by atoms with E-state index in [1.54, 1.807) is 54.6 Å². The van der Waals surface area contributed by atoms with Gasteiger partial charge in [0.1, 0.15) is 5.82 Å². The molecule has 0 unspecified atom stereocenters. The molecule has 9 heteroatoms. The summed E-state index contributed by atoms with van der Waals surface area (Å²) in [4.78, 5) is 37.8. The molecule has 0 aliphatic carbocycles. The number of benzene rings is 3. The molecule has 0 spiro atoms. The van der Waals surface area contributed by atoms with Crippen LogP contribution in [-0.4, -0.2) is 19.5 Å². The number of rotatable bonds is 4. The maximum atomic E-state index is 13.4. The monoisotopic (exact) mass is 480 g/mol. The van der Waals surface area contributed by atoms with Gasteiger partial charge in [-0.05, 0) is 36.4 Å². The average Bonchev–Trinajstić information content (AvgIpc) is 2.79. The van der Waals surface area contributed by atoms with Crippen LogP contribution < -0.4 is 11.1 Å².